The number of guanidine groups is 1. The summed E-state index contributed by atoms with van der Waals surface area (Å²) >= 11 is 0. The molecule has 0 aliphatic rings. The molecule has 0 atom stereocenters. The van der Waals surface area contributed by atoms with Gasteiger partial charge < -0.3 is 21.3 Å². The number of carbonyl (C=O) groups excluding carboxylic acids is 2. The number of nitrogens with one attached hydrogen (secondary N) is 2. The summed E-state index contributed by atoms with van der Waals surface area (Å²) in [5.74, 6) is -0.665. The first-order valence-electron chi connectivity index (χ1n) is 11.2. The molecule has 0 aromatic heterocycles. The van der Waals surface area contributed by atoms with Crippen molar-refractivity contribution in [1.82, 2.24) is 4.90 Å². The summed E-state index contributed by atoms with van der Waals surface area (Å²) in [5, 5.41) is 5.71. The van der Waals surface area contributed by atoms with E-state index < -0.39 is 0 Å². The molecule has 0 aliphatic heterocycles. The van der Waals surface area contributed by atoms with Gasteiger partial charge in [0.1, 0.15) is 5.82 Å². The van der Waals surface area contributed by atoms with Crippen LogP contribution in [0.5, 0.6) is 0 Å². The normalized spacial score (nSPS) is 11.5. The van der Waals surface area contributed by atoms with Crippen LogP contribution >= 0.6 is 0 Å². The highest BCUT2D eigenvalue weighted by Crippen LogP contribution is 2.20. The van der Waals surface area contributed by atoms with Crippen LogP contribution in [0.3, 0.4) is 0 Å². The van der Waals surface area contributed by atoms with E-state index >= 15 is 0 Å². The van der Waals surface area contributed by atoms with Crippen LogP contribution in [0.25, 0.3) is 5.70 Å². The van der Waals surface area contributed by atoms with Crippen molar-refractivity contribution in [1.29, 1.82) is 0 Å². The Bertz CT molecular complexity index is 1320. The minimum absolute atomic E-state index is 0.110. The Labute approximate surface area is 209 Å². The lowest BCUT2D eigenvalue weighted by Gasteiger charge is -2.18. The first kappa shape index (κ1) is 25.9. The molecule has 8 heteroatoms. The molecule has 0 unspecified atom stereocenters. The number of allylic oxidation sites excluding steroid dienone is 2. The molecular weight excluding hydrogens is 457 g/mol. The smallest absolute Gasteiger partial charge is 0.253 e. The number of carbonyl (C=O) groups is 2. The summed E-state index contributed by atoms with van der Waals surface area (Å²) in [6.45, 7) is 5.31. The third-order valence-electron chi connectivity index (χ3n) is 5.11. The van der Waals surface area contributed by atoms with Crippen molar-refractivity contribution in [2.75, 3.05) is 17.7 Å². The number of rotatable bonds is 8. The second kappa shape index (κ2) is 12.1. The maximum Gasteiger partial charge on any atom is 0.253 e. The number of benzene rings is 3. The van der Waals surface area contributed by atoms with Gasteiger partial charge in [0, 0.05) is 48.6 Å². The van der Waals surface area contributed by atoms with E-state index in [0.29, 0.717) is 28.2 Å². The van der Waals surface area contributed by atoms with Crippen LogP contribution in [0.4, 0.5) is 15.8 Å². The zero-order valence-electron chi connectivity index (χ0n) is 20.2. The fraction of sp³-hybridized carbons (Fsp3) is 0.107. The zero-order valence-corrected chi connectivity index (χ0v) is 20.2. The van der Waals surface area contributed by atoms with Crippen molar-refractivity contribution in [3.63, 3.8) is 0 Å². The minimum atomic E-state index is -0.357. The highest BCUT2D eigenvalue weighted by molar-refractivity contribution is 5.99. The standard InChI is InChI=1S/C28H28FN5O2/c1-4-8-26(20-13-15-23(16-14-20)31-19(2)35)33-28(30)32-24-11-7-10-21(17-24)27(36)34(3)18-22-9-5-6-12-25(22)29/h4-17H,1,18H2,2-3H3,(H,31,35)(H3,30,32,33)/b26-8-. The van der Waals surface area contributed by atoms with Crippen LogP contribution in [0.15, 0.2) is 96.5 Å². The van der Waals surface area contributed by atoms with Gasteiger partial charge in [-0.1, -0.05) is 49.1 Å². The van der Waals surface area contributed by atoms with Gasteiger partial charge in [-0.3, -0.25) is 9.59 Å². The van der Waals surface area contributed by atoms with E-state index in [0.717, 1.165) is 5.56 Å². The van der Waals surface area contributed by atoms with Gasteiger partial charge >= 0.3 is 0 Å². The first-order chi connectivity index (χ1) is 17.3. The molecular formula is C28H28FN5O2. The van der Waals surface area contributed by atoms with Gasteiger partial charge in [0.2, 0.25) is 5.91 Å². The molecule has 3 aromatic rings. The third-order valence-corrected chi connectivity index (χ3v) is 5.11. The molecule has 0 heterocycles. The van der Waals surface area contributed by atoms with Crippen molar-refractivity contribution < 1.29 is 14.0 Å². The highest BCUT2D eigenvalue weighted by atomic mass is 19.1. The second-order valence-electron chi connectivity index (χ2n) is 8.00. The van der Waals surface area contributed by atoms with Crippen LogP contribution in [0.1, 0.15) is 28.4 Å². The second-order valence-corrected chi connectivity index (χ2v) is 8.00. The van der Waals surface area contributed by atoms with E-state index in [4.69, 9.17) is 5.73 Å². The number of nitrogens with two attached hydrogens (primary N) is 1. The van der Waals surface area contributed by atoms with Gasteiger partial charge in [-0.15, -0.1) is 0 Å². The van der Waals surface area contributed by atoms with Crippen LogP contribution < -0.4 is 16.4 Å². The molecule has 3 rings (SSSR count). The number of amides is 2. The Balaban J connectivity index is 1.73. The number of nitrogens with zero attached hydrogens (tertiary/aromatic N) is 2. The summed E-state index contributed by atoms with van der Waals surface area (Å²) in [5.41, 5.74) is 9.56. The lowest BCUT2D eigenvalue weighted by Crippen LogP contribution is -2.27. The first-order valence-corrected chi connectivity index (χ1v) is 11.2. The topological polar surface area (TPSA) is 99.8 Å². The van der Waals surface area contributed by atoms with Gasteiger partial charge in [-0.05, 0) is 42.5 Å². The minimum Gasteiger partial charge on any atom is -0.369 e. The zero-order chi connectivity index (χ0) is 26.1. The maximum absolute atomic E-state index is 14.0. The van der Waals surface area contributed by atoms with Crippen molar-refractivity contribution in [2.24, 2.45) is 10.7 Å². The molecule has 0 bridgehead atoms. The van der Waals surface area contributed by atoms with E-state index in [-0.39, 0.29) is 30.1 Å². The molecule has 4 N–H and O–H groups in total. The molecule has 0 radical (unpaired) electrons. The van der Waals surface area contributed by atoms with Crippen molar-refractivity contribution in [3.05, 3.63) is 114 Å². The number of hydrogen-bond acceptors (Lipinski definition) is 3. The average Bonchev–Trinajstić information content (AvgIpc) is 2.85. The molecule has 2 amide bonds. The molecule has 0 fully saturated rings. The molecule has 3 aromatic carbocycles. The van der Waals surface area contributed by atoms with E-state index in [1.54, 1.807) is 73.8 Å². The lowest BCUT2D eigenvalue weighted by atomic mass is 10.1. The van der Waals surface area contributed by atoms with Crippen LogP contribution in [-0.2, 0) is 11.3 Å². The van der Waals surface area contributed by atoms with Gasteiger partial charge in [-0.2, -0.15) is 0 Å². The fourth-order valence-corrected chi connectivity index (χ4v) is 3.45. The van der Waals surface area contributed by atoms with Crippen molar-refractivity contribution in [2.45, 2.75) is 13.5 Å². The Morgan fingerprint density at radius 1 is 1.00 bits per heavy atom. The summed E-state index contributed by atoms with van der Waals surface area (Å²) in [6.07, 6.45) is 3.30. The van der Waals surface area contributed by atoms with Crippen LogP contribution in [-0.4, -0.2) is 29.7 Å². The monoisotopic (exact) mass is 485 g/mol. The predicted octanol–water partition coefficient (Wildman–Crippen LogP) is 5.01. The molecule has 0 spiro atoms. The lowest BCUT2D eigenvalue weighted by molar-refractivity contribution is -0.114. The summed E-state index contributed by atoms with van der Waals surface area (Å²) in [4.78, 5) is 30.0. The van der Waals surface area contributed by atoms with E-state index in [1.165, 1.54) is 17.9 Å². The molecule has 7 nitrogen and oxygen atoms in total. The van der Waals surface area contributed by atoms with E-state index in [1.807, 2.05) is 12.1 Å². The number of anilines is 2. The molecule has 184 valence electrons. The Hall–Kier alpha value is -4.72. The summed E-state index contributed by atoms with van der Waals surface area (Å²) < 4.78 is 14.0. The van der Waals surface area contributed by atoms with E-state index in [9.17, 15) is 14.0 Å². The van der Waals surface area contributed by atoms with Crippen molar-refractivity contribution >= 4 is 34.8 Å². The number of halogens is 1. The third kappa shape index (κ3) is 7.14. The summed E-state index contributed by atoms with van der Waals surface area (Å²) in [6, 6.07) is 20.3. The maximum atomic E-state index is 14.0. The molecule has 0 aliphatic carbocycles. The largest absolute Gasteiger partial charge is 0.369 e. The Morgan fingerprint density at radius 3 is 2.39 bits per heavy atom. The summed E-state index contributed by atoms with van der Waals surface area (Å²) in [7, 11) is 1.62. The van der Waals surface area contributed by atoms with Crippen LogP contribution in [0, 0.1) is 5.82 Å². The van der Waals surface area contributed by atoms with E-state index in [2.05, 4.69) is 22.2 Å². The quantitative estimate of drug-likeness (QED) is 0.237. The number of hydrogen-bond donors (Lipinski definition) is 3. The average molecular weight is 486 g/mol. The SMILES string of the molecule is C=C/C=C(\N=C(N)Nc1cccc(C(=O)N(C)Cc2ccccc2F)c1)c1ccc(NC(C)=O)cc1. The molecule has 0 saturated carbocycles. The Kier molecular flexibility index (Phi) is 8.72. The number of aliphatic imine (C=N–C) groups is 1. The van der Waals surface area contributed by atoms with Gasteiger partial charge in [0.05, 0.1) is 5.70 Å². The molecule has 0 saturated heterocycles. The predicted molar refractivity (Wildman–Crippen MR) is 143 cm³/mol. The molecule has 36 heavy (non-hydrogen) atoms. The Morgan fingerprint density at radius 2 is 1.72 bits per heavy atom. The van der Waals surface area contributed by atoms with Crippen LogP contribution in [0.2, 0.25) is 0 Å². The highest BCUT2D eigenvalue weighted by Gasteiger charge is 2.14. The van der Waals surface area contributed by atoms with Gasteiger partial charge in [0.15, 0.2) is 5.96 Å². The van der Waals surface area contributed by atoms with Gasteiger partial charge in [0.25, 0.3) is 5.91 Å². The van der Waals surface area contributed by atoms with Gasteiger partial charge in [-0.25, -0.2) is 9.38 Å². The fourth-order valence-electron chi connectivity index (χ4n) is 3.45. The van der Waals surface area contributed by atoms with Crippen molar-refractivity contribution in [3.8, 4) is 0 Å².